The highest BCUT2D eigenvalue weighted by Gasteiger charge is 2.15. The van der Waals surface area contributed by atoms with Gasteiger partial charge in [-0.2, -0.15) is 9.61 Å². The van der Waals surface area contributed by atoms with E-state index in [1.165, 1.54) is 11.1 Å². The minimum Gasteiger partial charge on any atom is -0.454 e. The van der Waals surface area contributed by atoms with Crippen molar-refractivity contribution in [2.24, 2.45) is 0 Å². The molecule has 2 aromatic carbocycles. The lowest BCUT2D eigenvalue weighted by molar-refractivity contribution is 0.174. The fraction of sp³-hybridized carbons (Fsp3) is 0.150. The van der Waals surface area contributed by atoms with E-state index < -0.39 is 0 Å². The van der Waals surface area contributed by atoms with Crippen molar-refractivity contribution in [3.63, 3.8) is 0 Å². The van der Waals surface area contributed by atoms with Gasteiger partial charge >= 0.3 is 0 Å². The van der Waals surface area contributed by atoms with Crippen molar-refractivity contribution >= 4 is 17.4 Å². The lowest BCUT2D eigenvalue weighted by Crippen LogP contribution is -1.96. The monoisotopic (exact) mass is 376 g/mol. The van der Waals surface area contributed by atoms with E-state index in [2.05, 4.69) is 41.4 Å². The summed E-state index contributed by atoms with van der Waals surface area (Å²) in [6, 6.07) is 18.2. The Hall–Kier alpha value is -3.06. The van der Waals surface area contributed by atoms with Gasteiger partial charge in [-0.1, -0.05) is 41.6 Å². The van der Waals surface area contributed by atoms with E-state index in [-0.39, 0.29) is 6.79 Å². The zero-order valence-electron chi connectivity index (χ0n) is 14.6. The molecule has 27 heavy (non-hydrogen) atoms. The quantitative estimate of drug-likeness (QED) is 0.499. The molecule has 0 aliphatic carbocycles. The molecule has 0 saturated carbocycles. The molecule has 0 unspecified atom stereocenters. The molecule has 0 radical (unpaired) electrons. The van der Waals surface area contributed by atoms with Crippen LogP contribution in [0.15, 0.2) is 59.8 Å². The fourth-order valence-electron chi connectivity index (χ4n) is 2.90. The van der Waals surface area contributed by atoms with Gasteiger partial charge in [0.2, 0.25) is 11.9 Å². The molecule has 134 valence electrons. The van der Waals surface area contributed by atoms with Gasteiger partial charge in [0.15, 0.2) is 17.1 Å². The van der Waals surface area contributed by atoms with Crippen LogP contribution in [-0.4, -0.2) is 26.6 Å². The predicted molar refractivity (Wildman–Crippen MR) is 103 cm³/mol. The molecule has 1 aliphatic heterocycles. The first kappa shape index (κ1) is 16.1. The van der Waals surface area contributed by atoms with Gasteiger partial charge in [0, 0.05) is 11.3 Å². The van der Waals surface area contributed by atoms with Gasteiger partial charge in [0.25, 0.3) is 0 Å². The summed E-state index contributed by atoms with van der Waals surface area (Å²) in [7, 11) is 0. The molecule has 0 fully saturated rings. The molecule has 0 spiro atoms. The highest BCUT2D eigenvalue weighted by atomic mass is 32.2. The van der Waals surface area contributed by atoms with E-state index >= 15 is 0 Å². The van der Waals surface area contributed by atoms with Crippen molar-refractivity contribution in [3.05, 3.63) is 65.7 Å². The third-order valence-electron chi connectivity index (χ3n) is 4.39. The Morgan fingerprint density at radius 2 is 1.81 bits per heavy atom. The van der Waals surface area contributed by atoms with Crippen LogP contribution < -0.4 is 9.47 Å². The Bertz CT molecular complexity index is 1120. The Kier molecular flexibility index (Phi) is 3.94. The third kappa shape index (κ3) is 3.10. The van der Waals surface area contributed by atoms with Crippen LogP contribution in [0.1, 0.15) is 11.1 Å². The Labute approximate surface area is 160 Å². The van der Waals surface area contributed by atoms with Crippen molar-refractivity contribution in [1.82, 2.24) is 19.8 Å². The van der Waals surface area contributed by atoms with E-state index in [1.54, 1.807) is 16.3 Å². The van der Waals surface area contributed by atoms with Gasteiger partial charge in [-0.15, -0.1) is 10.2 Å². The molecule has 5 rings (SSSR count). The highest BCUT2D eigenvalue weighted by molar-refractivity contribution is 7.98. The summed E-state index contributed by atoms with van der Waals surface area (Å²) in [5, 5.41) is 14.0. The topological polar surface area (TPSA) is 61.5 Å². The van der Waals surface area contributed by atoms with E-state index in [9.17, 15) is 0 Å². The minimum absolute atomic E-state index is 0.260. The third-order valence-corrected chi connectivity index (χ3v) is 5.38. The van der Waals surface area contributed by atoms with Gasteiger partial charge < -0.3 is 9.47 Å². The second kappa shape index (κ2) is 6.59. The van der Waals surface area contributed by atoms with Crippen molar-refractivity contribution < 1.29 is 9.47 Å². The van der Waals surface area contributed by atoms with E-state index in [0.29, 0.717) is 0 Å². The summed E-state index contributed by atoms with van der Waals surface area (Å²) < 4.78 is 12.6. The summed E-state index contributed by atoms with van der Waals surface area (Å²) in [6.07, 6.45) is 0. The molecule has 2 aromatic heterocycles. The van der Waals surface area contributed by atoms with Crippen molar-refractivity contribution in [1.29, 1.82) is 0 Å². The number of ether oxygens (including phenoxy) is 2. The average Bonchev–Trinajstić information content (AvgIpc) is 3.33. The lowest BCUT2D eigenvalue weighted by atomic mass is 10.1. The van der Waals surface area contributed by atoms with Crippen LogP contribution in [-0.2, 0) is 5.75 Å². The zero-order valence-corrected chi connectivity index (χ0v) is 15.4. The molecule has 3 heterocycles. The number of aryl methyl sites for hydroxylation is 1. The largest absolute Gasteiger partial charge is 0.454 e. The number of thioether (sulfide) groups is 1. The molecule has 0 bridgehead atoms. The molecule has 0 saturated heterocycles. The summed E-state index contributed by atoms with van der Waals surface area (Å²) >= 11 is 1.62. The molecule has 7 heteroatoms. The number of hydrogen-bond acceptors (Lipinski definition) is 6. The smallest absolute Gasteiger partial charge is 0.231 e. The van der Waals surface area contributed by atoms with Gasteiger partial charge in [-0.05, 0) is 42.8 Å². The fourth-order valence-corrected chi connectivity index (χ4v) is 3.74. The van der Waals surface area contributed by atoms with Gasteiger partial charge in [-0.25, -0.2) is 0 Å². The second-order valence-corrected chi connectivity index (χ2v) is 7.26. The van der Waals surface area contributed by atoms with Crippen LogP contribution in [0.3, 0.4) is 0 Å². The molecular formula is C20H16N4O2S. The summed E-state index contributed by atoms with van der Waals surface area (Å²) in [5.41, 5.74) is 5.02. The maximum atomic E-state index is 5.47. The Morgan fingerprint density at radius 1 is 0.963 bits per heavy atom. The van der Waals surface area contributed by atoms with Gasteiger partial charge in [0.05, 0.1) is 5.69 Å². The van der Waals surface area contributed by atoms with Crippen molar-refractivity contribution in [3.8, 4) is 22.8 Å². The van der Waals surface area contributed by atoms with E-state index in [4.69, 9.17) is 14.6 Å². The summed E-state index contributed by atoms with van der Waals surface area (Å²) in [6.45, 7) is 2.35. The van der Waals surface area contributed by atoms with Crippen LogP contribution in [0.5, 0.6) is 11.5 Å². The van der Waals surface area contributed by atoms with E-state index in [0.717, 1.165) is 39.3 Å². The molecule has 1 aliphatic rings. The Morgan fingerprint density at radius 3 is 2.70 bits per heavy atom. The van der Waals surface area contributed by atoms with E-state index in [1.807, 2.05) is 30.3 Å². The van der Waals surface area contributed by atoms with Crippen LogP contribution >= 0.6 is 11.8 Å². The number of nitrogens with zero attached hydrogens (tertiary/aromatic N) is 4. The average molecular weight is 376 g/mol. The maximum Gasteiger partial charge on any atom is 0.231 e. The molecule has 0 amide bonds. The van der Waals surface area contributed by atoms with Crippen LogP contribution in [0.2, 0.25) is 0 Å². The molecular weight excluding hydrogens is 360 g/mol. The van der Waals surface area contributed by atoms with Crippen molar-refractivity contribution in [2.45, 2.75) is 17.8 Å². The number of rotatable bonds is 4. The number of aromatic nitrogens is 4. The first-order chi connectivity index (χ1) is 13.3. The molecule has 0 atom stereocenters. The first-order valence-corrected chi connectivity index (χ1v) is 9.56. The maximum absolute atomic E-state index is 5.47. The summed E-state index contributed by atoms with van der Waals surface area (Å²) in [5.74, 6) is 2.32. The van der Waals surface area contributed by atoms with Gasteiger partial charge in [-0.3, -0.25) is 0 Å². The van der Waals surface area contributed by atoms with Crippen molar-refractivity contribution in [2.75, 3.05) is 6.79 Å². The molecule has 6 nitrogen and oxygen atoms in total. The second-order valence-electron chi connectivity index (χ2n) is 6.31. The summed E-state index contributed by atoms with van der Waals surface area (Å²) in [4.78, 5) is 0. The molecule has 0 N–H and O–H groups in total. The number of hydrogen-bond donors (Lipinski definition) is 0. The minimum atomic E-state index is 0.260. The number of benzene rings is 2. The predicted octanol–water partition coefficient (Wildman–Crippen LogP) is 4.12. The normalized spacial score (nSPS) is 12.6. The van der Waals surface area contributed by atoms with Crippen LogP contribution in [0.25, 0.3) is 16.9 Å². The van der Waals surface area contributed by atoms with Gasteiger partial charge in [0.1, 0.15) is 0 Å². The standard InChI is InChI=1S/C20H16N4O2S/c1-13-2-4-14(5-3-13)11-27-20-22-21-19-9-7-16(23-24(19)20)15-6-8-17-18(10-15)26-12-25-17/h2-10H,11-12H2,1H3. The number of fused-ring (bicyclic) bond motifs is 2. The van der Waals surface area contributed by atoms with Crippen LogP contribution in [0, 0.1) is 6.92 Å². The first-order valence-electron chi connectivity index (χ1n) is 8.57. The SMILES string of the molecule is Cc1ccc(CSc2nnc3ccc(-c4ccc5c(c4)OCO5)nn23)cc1. The zero-order chi connectivity index (χ0) is 18.2. The highest BCUT2D eigenvalue weighted by Crippen LogP contribution is 2.35. The van der Waals surface area contributed by atoms with Crippen LogP contribution in [0.4, 0.5) is 0 Å². The Balaban J connectivity index is 1.44. The molecule has 4 aromatic rings. The lowest BCUT2D eigenvalue weighted by Gasteiger charge is -2.05.